The van der Waals surface area contributed by atoms with Crippen molar-refractivity contribution in [2.45, 2.75) is 45.1 Å². The van der Waals surface area contributed by atoms with E-state index >= 15 is 0 Å². The Morgan fingerprint density at radius 3 is 2.31 bits per heavy atom. The third-order valence-corrected chi connectivity index (χ3v) is 5.98. The van der Waals surface area contributed by atoms with Gasteiger partial charge in [-0.3, -0.25) is 0 Å². The summed E-state index contributed by atoms with van der Waals surface area (Å²) in [5.74, 6) is -0.465. The van der Waals surface area contributed by atoms with Crippen LogP contribution < -0.4 is 19.9 Å². The zero-order valence-electron chi connectivity index (χ0n) is 20.5. The number of hydrogen-bond donors (Lipinski definition) is 1. The monoisotopic (exact) mass is 486 g/mol. The lowest BCUT2D eigenvalue weighted by molar-refractivity contribution is -0.141. The molecule has 3 aromatic carbocycles. The molecule has 0 aromatic heterocycles. The van der Waals surface area contributed by atoms with Gasteiger partial charge in [0.1, 0.15) is 34.7 Å². The van der Waals surface area contributed by atoms with Gasteiger partial charge in [0.05, 0.1) is 5.92 Å². The standard InChI is InChI=1S/C29H27FN2O4/c1-17(34-21-11-9-20(30)10-12-21)28(33)35-22-13-14-23-25(15-22)36-27(32)24(16-31)26(23)18-5-7-19(8-6-18)29(2,3)4/h5-15,17,26H,32H2,1-4H3. The summed E-state index contributed by atoms with van der Waals surface area (Å²) in [7, 11) is 0. The van der Waals surface area contributed by atoms with Crippen molar-refractivity contribution in [3.63, 3.8) is 0 Å². The van der Waals surface area contributed by atoms with Gasteiger partial charge >= 0.3 is 5.97 Å². The van der Waals surface area contributed by atoms with E-state index in [1.807, 2.05) is 24.3 Å². The van der Waals surface area contributed by atoms with Crippen molar-refractivity contribution >= 4 is 5.97 Å². The van der Waals surface area contributed by atoms with E-state index in [2.05, 4.69) is 26.8 Å². The molecule has 0 bridgehead atoms. The molecule has 184 valence electrons. The minimum atomic E-state index is -0.934. The summed E-state index contributed by atoms with van der Waals surface area (Å²) in [5.41, 5.74) is 9.23. The molecule has 0 saturated carbocycles. The molecule has 2 unspecified atom stereocenters. The molecule has 1 heterocycles. The van der Waals surface area contributed by atoms with Crippen molar-refractivity contribution in [2.24, 2.45) is 5.73 Å². The zero-order chi connectivity index (χ0) is 26.0. The number of carbonyl (C=O) groups is 1. The van der Waals surface area contributed by atoms with Gasteiger partial charge in [-0.1, -0.05) is 51.1 Å². The maximum Gasteiger partial charge on any atom is 0.352 e. The number of nitriles is 1. The van der Waals surface area contributed by atoms with E-state index in [0.29, 0.717) is 17.1 Å². The predicted molar refractivity (Wildman–Crippen MR) is 133 cm³/mol. The van der Waals surface area contributed by atoms with Crippen LogP contribution in [0.25, 0.3) is 0 Å². The summed E-state index contributed by atoms with van der Waals surface area (Å²) in [4.78, 5) is 12.6. The molecular weight excluding hydrogens is 459 g/mol. The molecule has 0 fully saturated rings. The molecule has 4 rings (SSSR count). The third kappa shape index (κ3) is 5.18. The molecule has 1 aliphatic rings. The van der Waals surface area contributed by atoms with Crippen molar-refractivity contribution in [3.8, 4) is 23.3 Å². The summed E-state index contributed by atoms with van der Waals surface area (Å²) in [6.45, 7) is 7.95. The minimum Gasteiger partial charge on any atom is -0.479 e. The van der Waals surface area contributed by atoms with Crippen LogP contribution in [0.3, 0.4) is 0 Å². The number of nitrogens with two attached hydrogens (primary N) is 1. The van der Waals surface area contributed by atoms with Crippen molar-refractivity contribution in [3.05, 3.63) is 101 Å². The zero-order valence-corrected chi connectivity index (χ0v) is 20.5. The Morgan fingerprint density at radius 2 is 1.69 bits per heavy atom. The van der Waals surface area contributed by atoms with Crippen molar-refractivity contribution < 1.29 is 23.4 Å². The first kappa shape index (κ1) is 24.8. The highest BCUT2D eigenvalue weighted by Gasteiger charge is 2.31. The van der Waals surface area contributed by atoms with Gasteiger partial charge in [-0.15, -0.1) is 0 Å². The molecule has 0 aliphatic carbocycles. The Bertz CT molecular complexity index is 1350. The first-order chi connectivity index (χ1) is 17.1. The van der Waals surface area contributed by atoms with Crippen molar-refractivity contribution in [1.29, 1.82) is 5.26 Å². The molecule has 0 saturated heterocycles. The van der Waals surface area contributed by atoms with Gasteiger partial charge in [0, 0.05) is 11.6 Å². The lowest BCUT2D eigenvalue weighted by Crippen LogP contribution is -2.28. The molecule has 7 heteroatoms. The van der Waals surface area contributed by atoms with Gasteiger partial charge in [0.25, 0.3) is 0 Å². The summed E-state index contributed by atoms with van der Waals surface area (Å²) >= 11 is 0. The number of fused-ring (bicyclic) bond motifs is 1. The maximum absolute atomic E-state index is 13.1. The van der Waals surface area contributed by atoms with Crippen LogP contribution in [-0.4, -0.2) is 12.1 Å². The van der Waals surface area contributed by atoms with Gasteiger partial charge in [-0.05, 0) is 53.8 Å². The van der Waals surface area contributed by atoms with Gasteiger partial charge in [-0.25, -0.2) is 9.18 Å². The number of rotatable bonds is 5. The summed E-state index contributed by atoms with van der Waals surface area (Å²) in [6, 6.07) is 20.6. The number of allylic oxidation sites excluding steroid dienone is 1. The second-order valence-electron chi connectivity index (χ2n) is 9.63. The van der Waals surface area contributed by atoms with Crippen LogP contribution in [0.1, 0.15) is 50.3 Å². The Morgan fingerprint density at radius 1 is 1.06 bits per heavy atom. The summed E-state index contributed by atoms with van der Waals surface area (Å²) in [6.07, 6.45) is -0.934. The summed E-state index contributed by atoms with van der Waals surface area (Å²) in [5, 5.41) is 9.80. The number of benzene rings is 3. The van der Waals surface area contributed by atoms with Crippen molar-refractivity contribution in [1.82, 2.24) is 0 Å². The normalized spacial score (nSPS) is 15.8. The number of halogens is 1. The molecule has 1 aliphatic heterocycles. The molecular formula is C29H27FN2O4. The van der Waals surface area contributed by atoms with Crippen LogP contribution in [0, 0.1) is 17.1 Å². The lowest BCUT2D eigenvalue weighted by atomic mass is 9.81. The molecule has 3 aromatic rings. The Balaban J connectivity index is 1.57. The highest BCUT2D eigenvalue weighted by Crippen LogP contribution is 2.43. The Kier molecular flexibility index (Phi) is 6.71. The van der Waals surface area contributed by atoms with Gasteiger partial charge in [0.2, 0.25) is 5.88 Å². The van der Waals surface area contributed by atoms with E-state index in [4.69, 9.17) is 19.9 Å². The molecule has 36 heavy (non-hydrogen) atoms. The second-order valence-corrected chi connectivity index (χ2v) is 9.63. The van der Waals surface area contributed by atoms with E-state index in [1.54, 1.807) is 18.2 Å². The topological polar surface area (TPSA) is 94.6 Å². The SMILES string of the molecule is CC(Oc1ccc(F)cc1)C(=O)Oc1ccc2c(c1)OC(N)=C(C#N)C2c1ccc(C(C)(C)C)cc1. The quantitative estimate of drug-likeness (QED) is 0.366. The molecule has 0 amide bonds. The molecule has 2 atom stereocenters. The van der Waals surface area contributed by atoms with Gasteiger partial charge < -0.3 is 19.9 Å². The number of esters is 1. The molecule has 2 N–H and O–H groups in total. The van der Waals surface area contributed by atoms with Crippen molar-refractivity contribution in [2.75, 3.05) is 0 Å². The van der Waals surface area contributed by atoms with Crippen LogP contribution >= 0.6 is 0 Å². The smallest absolute Gasteiger partial charge is 0.352 e. The number of nitrogens with zero attached hydrogens (tertiary/aromatic N) is 1. The van der Waals surface area contributed by atoms with E-state index < -0.39 is 23.8 Å². The highest BCUT2D eigenvalue weighted by molar-refractivity contribution is 5.77. The average Bonchev–Trinajstić information content (AvgIpc) is 2.84. The van der Waals surface area contributed by atoms with E-state index in [-0.39, 0.29) is 17.0 Å². The first-order valence-corrected chi connectivity index (χ1v) is 11.5. The fourth-order valence-corrected chi connectivity index (χ4v) is 3.98. The average molecular weight is 487 g/mol. The van der Waals surface area contributed by atoms with E-state index in [1.165, 1.54) is 36.8 Å². The first-order valence-electron chi connectivity index (χ1n) is 11.5. The van der Waals surface area contributed by atoms with E-state index in [0.717, 1.165) is 11.1 Å². The summed E-state index contributed by atoms with van der Waals surface area (Å²) < 4.78 is 29.8. The Labute approximate surface area is 209 Å². The number of ether oxygens (including phenoxy) is 3. The highest BCUT2D eigenvalue weighted by atomic mass is 19.1. The minimum absolute atomic E-state index is 0.00460. The third-order valence-electron chi connectivity index (χ3n) is 5.98. The lowest BCUT2D eigenvalue weighted by Gasteiger charge is -2.27. The second kappa shape index (κ2) is 9.74. The molecule has 0 spiro atoms. The number of hydrogen-bond acceptors (Lipinski definition) is 6. The van der Waals surface area contributed by atoms with Gasteiger partial charge in [0.15, 0.2) is 6.10 Å². The van der Waals surface area contributed by atoms with Crippen LogP contribution in [0.15, 0.2) is 78.2 Å². The van der Waals surface area contributed by atoms with E-state index in [9.17, 15) is 14.4 Å². The van der Waals surface area contributed by atoms with Crippen LogP contribution in [0.5, 0.6) is 17.2 Å². The predicted octanol–water partition coefficient (Wildman–Crippen LogP) is 5.71. The van der Waals surface area contributed by atoms with Crippen LogP contribution in [0.2, 0.25) is 0 Å². The largest absolute Gasteiger partial charge is 0.479 e. The molecule has 6 nitrogen and oxygen atoms in total. The van der Waals surface area contributed by atoms with Crippen LogP contribution in [-0.2, 0) is 10.2 Å². The Hall–Kier alpha value is -4.31. The maximum atomic E-state index is 13.1. The molecule has 0 radical (unpaired) electrons. The van der Waals surface area contributed by atoms with Crippen LogP contribution in [0.4, 0.5) is 4.39 Å². The fourth-order valence-electron chi connectivity index (χ4n) is 3.98. The fraction of sp³-hybridized carbons (Fsp3) is 0.241. The van der Waals surface area contributed by atoms with Gasteiger partial charge in [-0.2, -0.15) is 5.26 Å². The number of carbonyl (C=O) groups excluding carboxylic acids is 1.